The molecule has 0 atom stereocenters. The second-order valence-electron chi connectivity index (χ2n) is 6.74. The van der Waals surface area contributed by atoms with Crippen LogP contribution >= 0.6 is 0 Å². The summed E-state index contributed by atoms with van der Waals surface area (Å²) in [5, 5.41) is 8.91. The van der Waals surface area contributed by atoms with Crippen LogP contribution in [-0.2, 0) is 17.5 Å². The van der Waals surface area contributed by atoms with Crippen molar-refractivity contribution in [1.82, 2.24) is 9.88 Å². The fourth-order valence-electron chi connectivity index (χ4n) is 3.17. The number of benzene rings is 2. The van der Waals surface area contributed by atoms with Gasteiger partial charge >= 0.3 is 12.1 Å². The fraction of sp³-hybridized carbons (Fsp3) is 0.263. The summed E-state index contributed by atoms with van der Waals surface area (Å²) in [6.45, 7) is 1.42. The standard InChI is InChI=1S/C19H14F4N2O3/c20-14-3-2-12(19(21,22)23)6-13(14)17-24-15-5-10(1-4-16(15)28-17)7-25-8-11(9-25)18(26)27/h1-6,11H,7-9H2,(H,26,27). The second kappa shape index (κ2) is 6.59. The van der Waals surface area contributed by atoms with Crippen molar-refractivity contribution in [2.75, 3.05) is 13.1 Å². The molecule has 0 unspecified atom stereocenters. The van der Waals surface area contributed by atoms with E-state index in [9.17, 15) is 22.4 Å². The highest BCUT2D eigenvalue weighted by Gasteiger charge is 2.33. The highest BCUT2D eigenvalue weighted by molar-refractivity contribution is 5.77. The molecule has 0 aliphatic carbocycles. The lowest BCUT2D eigenvalue weighted by molar-refractivity contribution is -0.147. The van der Waals surface area contributed by atoms with E-state index in [0.29, 0.717) is 42.9 Å². The Labute approximate surface area is 156 Å². The molecule has 4 rings (SSSR count). The van der Waals surface area contributed by atoms with Crippen molar-refractivity contribution >= 4 is 17.1 Å². The molecule has 28 heavy (non-hydrogen) atoms. The Hall–Kier alpha value is -2.94. The molecule has 1 aliphatic heterocycles. The minimum atomic E-state index is -4.60. The number of carboxylic acid groups (broad SMARTS) is 1. The van der Waals surface area contributed by atoms with Crippen molar-refractivity contribution in [3.05, 3.63) is 53.3 Å². The molecular weight excluding hydrogens is 380 g/mol. The molecule has 2 heterocycles. The zero-order valence-corrected chi connectivity index (χ0v) is 14.3. The molecule has 5 nitrogen and oxygen atoms in total. The van der Waals surface area contributed by atoms with Crippen molar-refractivity contribution < 1.29 is 31.9 Å². The number of likely N-dealkylation sites (tertiary alicyclic amines) is 1. The third-order valence-electron chi connectivity index (χ3n) is 4.69. The Bertz CT molecular complexity index is 1060. The third kappa shape index (κ3) is 3.45. The van der Waals surface area contributed by atoms with Crippen LogP contribution < -0.4 is 0 Å². The van der Waals surface area contributed by atoms with E-state index >= 15 is 0 Å². The van der Waals surface area contributed by atoms with Crippen LogP contribution in [0, 0.1) is 11.7 Å². The second-order valence-corrected chi connectivity index (χ2v) is 6.74. The van der Waals surface area contributed by atoms with Gasteiger partial charge in [-0.15, -0.1) is 0 Å². The van der Waals surface area contributed by atoms with E-state index in [1.54, 1.807) is 18.2 Å². The first-order chi connectivity index (χ1) is 13.2. The molecule has 2 aromatic carbocycles. The van der Waals surface area contributed by atoms with Crippen LogP contribution in [0.5, 0.6) is 0 Å². The summed E-state index contributed by atoms with van der Waals surface area (Å²) in [5.41, 5.74) is 0.208. The molecule has 9 heteroatoms. The Morgan fingerprint density at radius 1 is 1.21 bits per heavy atom. The van der Waals surface area contributed by atoms with E-state index in [4.69, 9.17) is 9.52 Å². The van der Waals surface area contributed by atoms with Gasteiger partial charge in [0, 0.05) is 19.6 Å². The van der Waals surface area contributed by atoms with Crippen LogP contribution in [0.4, 0.5) is 17.6 Å². The topological polar surface area (TPSA) is 66.6 Å². The zero-order chi connectivity index (χ0) is 20.1. The minimum absolute atomic E-state index is 0.231. The Kier molecular flexibility index (Phi) is 4.34. The van der Waals surface area contributed by atoms with Crippen LogP contribution in [0.1, 0.15) is 11.1 Å². The van der Waals surface area contributed by atoms with Gasteiger partial charge in [0.15, 0.2) is 5.58 Å². The lowest BCUT2D eigenvalue weighted by atomic mass is 9.99. The molecule has 0 spiro atoms. The van der Waals surface area contributed by atoms with E-state index in [1.807, 2.05) is 4.90 Å². The number of nitrogens with zero attached hydrogens (tertiary/aromatic N) is 2. The molecule has 0 amide bonds. The first-order valence-corrected chi connectivity index (χ1v) is 8.42. The average molecular weight is 394 g/mol. The van der Waals surface area contributed by atoms with Crippen molar-refractivity contribution in [2.24, 2.45) is 5.92 Å². The van der Waals surface area contributed by atoms with Gasteiger partial charge in [-0.1, -0.05) is 6.07 Å². The van der Waals surface area contributed by atoms with Gasteiger partial charge in [0.2, 0.25) is 5.89 Å². The van der Waals surface area contributed by atoms with Crippen molar-refractivity contribution in [2.45, 2.75) is 12.7 Å². The van der Waals surface area contributed by atoms with Crippen LogP contribution in [0.25, 0.3) is 22.6 Å². The van der Waals surface area contributed by atoms with E-state index in [2.05, 4.69) is 4.98 Å². The number of carboxylic acids is 1. The first-order valence-electron chi connectivity index (χ1n) is 8.42. The van der Waals surface area contributed by atoms with Gasteiger partial charge in [-0.25, -0.2) is 9.37 Å². The van der Waals surface area contributed by atoms with Gasteiger partial charge < -0.3 is 9.52 Å². The Balaban J connectivity index is 1.60. The quantitative estimate of drug-likeness (QED) is 0.673. The highest BCUT2D eigenvalue weighted by atomic mass is 19.4. The van der Waals surface area contributed by atoms with Gasteiger partial charge in [-0.3, -0.25) is 9.69 Å². The summed E-state index contributed by atoms with van der Waals surface area (Å²) in [6, 6.07) is 7.14. The Morgan fingerprint density at radius 3 is 2.64 bits per heavy atom. The predicted molar refractivity (Wildman–Crippen MR) is 90.8 cm³/mol. The number of aliphatic carboxylic acids is 1. The summed E-state index contributed by atoms with van der Waals surface area (Å²) in [4.78, 5) is 16.9. The van der Waals surface area contributed by atoms with Gasteiger partial charge in [-0.05, 0) is 35.9 Å². The smallest absolute Gasteiger partial charge is 0.416 e. The molecule has 1 aromatic heterocycles. The first kappa shape index (κ1) is 18.4. The fourth-order valence-corrected chi connectivity index (χ4v) is 3.17. The summed E-state index contributed by atoms with van der Waals surface area (Å²) >= 11 is 0. The summed E-state index contributed by atoms with van der Waals surface area (Å²) < 4.78 is 58.2. The maximum Gasteiger partial charge on any atom is 0.416 e. The van der Waals surface area contributed by atoms with Crippen LogP contribution in [0.3, 0.4) is 0 Å². The SMILES string of the molecule is O=C(O)C1CN(Cc2ccc3oc(-c4cc(C(F)(F)F)ccc4F)nc3c2)C1. The third-order valence-corrected chi connectivity index (χ3v) is 4.69. The maximum absolute atomic E-state index is 14.1. The monoisotopic (exact) mass is 394 g/mol. The normalized spacial score (nSPS) is 15.7. The lowest BCUT2D eigenvalue weighted by Crippen LogP contribution is -2.49. The van der Waals surface area contributed by atoms with Crippen molar-refractivity contribution in [3.63, 3.8) is 0 Å². The van der Waals surface area contributed by atoms with E-state index in [-0.39, 0.29) is 17.4 Å². The molecule has 1 fully saturated rings. The van der Waals surface area contributed by atoms with Gasteiger partial charge in [0.1, 0.15) is 11.3 Å². The zero-order valence-electron chi connectivity index (χ0n) is 14.3. The van der Waals surface area contributed by atoms with Gasteiger partial charge in [0.25, 0.3) is 0 Å². The molecule has 0 radical (unpaired) electrons. The molecule has 0 saturated carbocycles. The summed E-state index contributed by atoms with van der Waals surface area (Å²) in [6.07, 6.45) is -4.60. The number of halogens is 4. The van der Waals surface area contributed by atoms with Gasteiger partial charge in [-0.2, -0.15) is 13.2 Å². The summed E-state index contributed by atoms with van der Waals surface area (Å²) in [5.74, 6) is -2.28. The lowest BCUT2D eigenvalue weighted by Gasteiger charge is -2.36. The predicted octanol–water partition coefficient (Wildman–Crippen LogP) is 4.17. The number of alkyl halides is 3. The number of aromatic nitrogens is 1. The number of hydrogen-bond acceptors (Lipinski definition) is 4. The Morgan fingerprint density at radius 2 is 1.96 bits per heavy atom. The number of fused-ring (bicyclic) bond motifs is 1. The molecule has 3 aromatic rings. The highest BCUT2D eigenvalue weighted by Crippen LogP contribution is 2.34. The molecular formula is C19H14F4N2O3. The van der Waals surface area contributed by atoms with Crippen molar-refractivity contribution in [1.29, 1.82) is 0 Å². The number of rotatable bonds is 4. The largest absolute Gasteiger partial charge is 0.481 e. The summed E-state index contributed by atoms with van der Waals surface area (Å²) in [7, 11) is 0. The van der Waals surface area contributed by atoms with Crippen molar-refractivity contribution in [3.8, 4) is 11.5 Å². The molecule has 1 saturated heterocycles. The number of oxazole rings is 1. The minimum Gasteiger partial charge on any atom is -0.481 e. The molecule has 1 N–H and O–H groups in total. The average Bonchev–Trinajstić information content (AvgIpc) is 2.99. The molecule has 1 aliphatic rings. The van der Waals surface area contributed by atoms with Crippen LogP contribution in [0.2, 0.25) is 0 Å². The molecule has 146 valence electrons. The molecule has 0 bridgehead atoms. The van der Waals surface area contributed by atoms with E-state index in [0.717, 1.165) is 11.6 Å². The van der Waals surface area contributed by atoms with E-state index < -0.39 is 23.5 Å². The number of hydrogen-bond donors (Lipinski definition) is 1. The maximum atomic E-state index is 14.1. The number of carbonyl (C=O) groups is 1. The van der Waals surface area contributed by atoms with Gasteiger partial charge in [0.05, 0.1) is 17.0 Å². The van der Waals surface area contributed by atoms with E-state index in [1.165, 1.54) is 0 Å². The van der Waals surface area contributed by atoms with Crippen LogP contribution in [-0.4, -0.2) is 34.0 Å². The van der Waals surface area contributed by atoms with Crippen LogP contribution in [0.15, 0.2) is 40.8 Å².